The van der Waals surface area contributed by atoms with Gasteiger partial charge in [-0.3, -0.25) is 4.90 Å². The van der Waals surface area contributed by atoms with Crippen molar-refractivity contribution < 1.29 is 4.74 Å². The molecule has 3 rings (SSSR count). The molecule has 25 heavy (non-hydrogen) atoms. The Morgan fingerprint density at radius 3 is 3.08 bits per heavy atom. The maximum Gasteiger partial charge on any atom is 0.165 e. The Balaban J connectivity index is 1.54. The van der Waals surface area contributed by atoms with E-state index in [-0.39, 0.29) is 6.10 Å². The number of aryl methyl sites for hydroxylation is 1. The second-order valence-corrected chi connectivity index (χ2v) is 6.36. The Kier molecular flexibility index (Phi) is 6.24. The van der Waals surface area contributed by atoms with E-state index in [1.54, 1.807) is 6.20 Å². The lowest BCUT2D eigenvalue weighted by molar-refractivity contribution is -0.0276. The van der Waals surface area contributed by atoms with Crippen molar-refractivity contribution in [3.8, 4) is 0 Å². The first-order valence-electron chi connectivity index (χ1n) is 8.84. The molecule has 1 aliphatic heterocycles. The van der Waals surface area contributed by atoms with Crippen molar-refractivity contribution in [2.75, 3.05) is 38.2 Å². The molecule has 3 heterocycles. The lowest BCUT2D eigenvalue weighted by atomic mass is 10.2. The number of rotatable bonds is 8. The molecule has 0 N–H and O–H groups in total. The van der Waals surface area contributed by atoms with E-state index in [0.29, 0.717) is 0 Å². The third-order valence-corrected chi connectivity index (χ3v) is 4.34. The topological polar surface area (TPSA) is 85.1 Å². The standard InChI is InChI=1S/C16H26N8O/c1-3-4-8-24-16(19-20-21-24)13-23-9-10-25-14(12-23)11-22(2)15-6-5-7-17-18-15/h5-7,14H,3-4,8-13H2,1-2H3/t14-/m1/s1. The van der Waals surface area contributed by atoms with Gasteiger partial charge in [0.05, 0.1) is 19.3 Å². The summed E-state index contributed by atoms with van der Waals surface area (Å²) in [6.45, 7) is 7.04. The molecule has 1 atom stereocenters. The van der Waals surface area contributed by atoms with Crippen LogP contribution in [-0.2, 0) is 17.8 Å². The molecule has 9 nitrogen and oxygen atoms in total. The zero-order valence-electron chi connectivity index (χ0n) is 15.0. The van der Waals surface area contributed by atoms with E-state index in [4.69, 9.17) is 4.74 Å². The van der Waals surface area contributed by atoms with E-state index in [0.717, 1.165) is 63.8 Å². The number of aromatic nitrogens is 6. The minimum absolute atomic E-state index is 0.126. The molecule has 1 saturated heterocycles. The quantitative estimate of drug-likeness (QED) is 0.687. The van der Waals surface area contributed by atoms with Crippen molar-refractivity contribution in [2.45, 2.75) is 39.0 Å². The largest absolute Gasteiger partial charge is 0.374 e. The van der Waals surface area contributed by atoms with Gasteiger partial charge < -0.3 is 9.64 Å². The van der Waals surface area contributed by atoms with E-state index < -0.39 is 0 Å². The van der Waals surface area contributed by atoms with Gasteiger partial charge in [0.15, 0.2) is 11.6 Å². The fraction of sp³-hybridized carbons (Fsp3) is 0.688. The van der Waals surface area contributed by atoms with Gasteiger partial charge in [-0.25, -0.2) is 4.68 Å². The number of tetrazole rings is 1. The van der Waals surface area contributed by atoms with Gasteiger partial charge in [-0.2, -0.15) is 5.10 Å². The molecule has 2 aromatic heterocycles. The predicted molar refractivity (Wildman–Crippen MR) is 93.0 cm³/mol. The van der Waals surface area contributed by atoms with Gasteiger partial charge in [0.2, 0.25) is 0 Å². The first-order chi connectivity index (χ1) is 12.3. The first kappa shape index (κ1) is 17.7. The highest BCUT2D eigenvalue weighted by Gasteiger charge is 2.23. The number of ether oxygens (including phenoxy) is 1. The highest BCUT2D eigenvalue weighted by molar-refractivity contribution is 5.35. The molecule has 9 heteroatoms. The van der Waals surface area contributed by atoms with Crippen LogP contribution in [0.1, 0.15) is 25.6 Å². The zero-order chi connectivity index (χ0) is 17.5. The van der Waals surface area contributed by atoms with E-state index >= 15 is 0 Å². The Labute approximate surface area is 148 Å². The van der Waals surface area contributed by atoms with E-state index in [2.05, 4.69) is 42.4 Å². The van der Waals surface area contributed by atoms with Crippen molar-refractivity contribution in [1.29, 1.82) is 0 Å². The van der Waals surface area contributed by atoms with Gasteiger partial charge >= 0.3 is 0 Å². The molecule has 0 radical (unpaired) electrons. The van der Waals surface area contributed by atoms with Crippen molar-refractivity contribution in [2.24, 2.45) is 0 Å². The molecule has 0 aromatic carbocycles. The molecule has 1 fully saturated rings. The second-order valence-electron chi connectivity index (χ2n) is 6.36. The number of morpholine rings is 1. The van der Waals surface area contributed by atoms with Crippen LogP contribution in [0, 0.1) is 0 Å². The van der Waals surface area contributed by atoms with Gasteiger partial charge in [0.1, 0.15) is 0 Å². The number of nitrogens with zero attached hydrogens (tertiary/aromatic N) is 8. The molecule has 0 spiro atoms. The summed E-state index contributed by atoms with van der Waals surface area (Å²) in [6, 6.07) is 3.85. The van der Waals surface area contributed by atoms with Gasteiger partial charge in [-0.15, -0.1) is 10.2 Å². The maximum atomic E-state index is 5.92. The van der Waals surface area contributed by atoms with Crippen LogP contribution in [0.4, 0.5) is 5.82 Å². The van der Waals surface area contributed by atoms with Crippen molar-refractivity contribution in [1.82, 2.24) is 35.3 Å². The van der Waals surface area contributed by atoms with E-state index in [1.807, 2.05) is 23.9 Å². The van der Waals surface area contributed by atoms with Gasteiger partial charge in [0.25, 0.3) is 0 Å². The third-order valence-electron chi connectivity index (χ3n) is 4.34. The van der Waals surface area contributed by atoms with Crippen molar-refractivity contribution in [3.05, 3.63) is 24.2 Å². The Hall–Kier alpha value is -2.13. The average Bonchev–Trinajstić information content (AvgIpc) is 3.08. The Morgan fingerprint density at radius 1 is 1.36 bits per heavy atom. The predicted octanol–water partition coefficient (Wildman–Crippen LogP) is 0.600. The fourth-order valence-electron chi connectivity index (χ4n) is 2.95. The van der Waals surface area contributed by atoms with Crippen LogP contribution in [0.3, 0.4) is 0 Å². The molecule has 136 valence electrons. The van der Waals surface area contributed by atoms with Crippen LogP contribution < -0.4 is 4.90 Å². The Bertz CT molecular complexity index is 634. The molecule has 0 amide bonds. The number of hydrogen-bond donors (Lipinski definition) is 0. The first-order valence-corrected chi connectivity index (χ1v) is 8.84. The SMILES string of the molecule is CCCCn1nnnc1CN1CCO[C@H](CN(C)c2cccnn2)C1. The molecule has 1 aliphatic rings. The number of likely N-dealkylation sites (N-methyl/N-ethyl adjacent to an activating group) is 1. The summed E-state index contributed by atoms with van der Waals surface area (Å²) in [5.41, 5.74) is 0. The summed E-state index contributed by atoms with van der Waals surface area (Å²) in [5, 5.41) is 20.2. The van der Waals surface area contributed by atoms with Crippen molar-refractivity contribution >= 4 is 5.82 Å². The minimum Gasteiger partial charge on any atom is -0.374 e. The molecule has 0 bridgehead atoms. The smallest absolute Gasteiger partial charge is 0.165 e. The van der Waals surface area contributed by atoms with Crippen LogP contribution in [0.2, 0.25) is 0 Å². The van der Waals surface area contributed by atoms with Crippen LogP contribution in [0.25, 0.3) is 0 Å². The summed E-state index contributed by atoms with van der Waals surface area (Å²) in [4.78, 5) is 4.43. The average molecular weight is 346 g/mol. The highest BCUT2D eigenvalue weighted by atomic mass is 16.5. The third kappa shape index (κ3) is 4.93. The monoisotopic (exact) mass is 346 g/mol. The maximum absolute atomic E-state index is 5.92. The number of anilines is 1. The van der Waals surface area contributed by atoms with E-state index in [9.17, 15) is 0 Å². The zero-order valence-corrected chi connectivity index (χ0v) is 15.0. The van der Waals surface area contributed by atoms with Gasteiger partial charge in [0, 0.05) is 39.4 Å². The molecular formula is C16H26N8O. The second kappa shape index (κ2) is 8.82. The molecule has 2 aromatic rings. The van der Waals surface area contributed by atoms with Crippen molar-refractivity contribution in [3.63, 3.8) is 0 Å². The van der Waals surface area contributed by atoms with Crippen LogP contribution >= 0.6 is 0 Å². The lowest BCUT2D eigenvalue weighted by Gasteiger charge is -2.34. The van der Waals surface area contributed by atoms with Crippen LogP contribution in [0.15, 0.2) is 18.3 Å². The lowest BCUT2D eigenvalue weighted by Crippen LogP contribution is -2.47. The van der Waals surface area contributed by atoms with Crippen LogP contribution in [0.5, 0.6) is 0 Å². The van der Waals surface area contributed by atoms with Crippen LogP contribution in [-0.4, -0.2) is 74.7 Å². The number of unbranched alkanes of at least 4 members (excludes halogenated alkanes) is 1. The molecule has 0 saturated carbocycles. The highest BCUT2D eigenvalue weighted by Crippen LogP contribution is 2.13. The fourth-order valence-corrected chi connectivity index (χ4v) is 2.95. The molecular weight excluding hydrogens is 320 g/mol. The van der Waals surface area contributed by atoms with E-state index in [1.165, 1.54) is 0 Å². The summed E-state index contributed by atoms with van der Waals surface area (Å²) < 4.78 is 7.84. The Morgan fingerprint density at radius 2 is 2.28 bits per heavy atom. The normalized spacial score (nSPS) is 18.4. The molecule has 0 unspecified atom stereocenters. The molecule has 0 aliphatic carbocycles. The van der Waals surface area contributed by atoms with Gasteiger partial charge in [-0.1, -0.05) is 13.3 Å². The number of hydrogen-bond acceptors (Lipinski definition) is 8. The summed E-state index contributed by atoms with van der Waals surface area (Å²) in [6.07, 6.45) is 4.03. The van der Waals surface area contributed by atoms with Gasteiger partial charge in [-0.05, 0) is 29.0 Å². The summed E-state index contributed by atoms with van der Waals surface area (Å²) in [5.74, 6) is 1.78. The summed E-state index contributed by atoms with van der Waals surface area (Å²) in [7, 11) is 2.01. The minimum atomic E-state index is 0.126. The summed E-state index contributed by atoms with van der Waals surface area (Å²) >= 11 is 0.